The second kappa shape index (κ2) is 18.8. The van der Waals surface area contributed by atoms with Gasteiger partial charge in [0.05, 0.1) is 17.8 Å². The Morgan fingerprint density at radius 3 is 2.04 bits per heavy atom. The van der Waals surface area contributed by atoms with E-state index in [0.717, 1.165) is 48.5 Å². The Hall–Kier alpha value is -4.82. The summed E-state index contributed by atoms with van der Waals surface area (Å²) in [5.74, 6) is 2.54. The first-order chi connectivity index (χ1) is 25.2. The summed E-state index contributed by atoms with van der Waals surface area (Å²) in [4.78, 5) is 22.1. The van der Waals surface area contributed by atoms with Crippen LogP contribution in [0.25, 0.3) is 6.08 Å². The van der Waals surface area contributed by atoms with Crippen molar-refractivity contribution >= 4 is 36.0 Å². The van der Waals surface area contributed by atoms with Gasteiger partial charge in [0, 0.05) is 50.8 Å². The van der Waals surface area contributed by atoms with E-state index in [-0.39, 0.29) is 18.3 Å². The summed E-state index contributed by atoms with van der Waals surface area (Å²) < 4.78 is 17.8. The molecule has 1 aromatic heterocycles. The Morgan fingerprint density at radius 2 is 1.40 bits per heavy atom. The second-order valence-corrected chi connectivity index (χ2v) is 13.9. The quantitative estimate of drug-likeness (QED) is 0.112. The van der Waals surface area contributed by atoms with E-state index < -0.39 is 0 Å². The molecule has 6 rings (SSSR count). The Labute approximate surface area is 324 Å². The summed E-state index contributed by atoms with van der Waals surface area (Å²) in [5, 5.41) is 0.449. The highest BCUT2D eigenvalue weighted by atomic mass is 35.5. The van der Waals surface area contributed by atoms with Crippen LogP contribution in [0.15, 0.2) is 109 Å². The molecule has 5 aromatic rings. The summed E-state index contributed by atoms with van der Waals surface area (Å²) >= 11 is 6.68. The molecular formula is C44H47Cl2N3O4. The second-order valence-electron chi connectivity index (χ2n) is 13.5. The number of carbonyl (C=O) groups is 1. The number of benzene rings is 4. The summed E-state index contributed by atoms with van der Waals surface area (Å²) in [5.41, 5.74) is 8.42. The van der Waals surface area contributed by atoms with Gasteiger partial charge in [-0.25, -0.2) is 4.98 Å². The molecule has 4 aromatic carbocycles. The zero-order valence-corrected chi connectivity index (χ0v) is 32.4. The molecule has 0 N–H and O–H groups in total. The van der Waals surface area contributed by atoms with E-state index in [1.807, 2.05) is 55.2 Å². The number of aryl methyl sites for hydroxylation is 3. The van der Waals surface area contributed by atoms with Gasteiger partial charge in [0.2, 0.25) is 11.8 Å². The number of rotatable bonds is 13. The fraction of sp³-hybridized carbons (Fsp3) is 0.273. The van der Waals surface area contributed by atoms with Crippen LogP contribution in [0.5, 0.6) is 23.1 Å². The van der Waals surface area contributed by atoms with Gasteiger partial charge in [0.25, 0.3) is 0 Å². The molecule has 0 aliphatic carbocycles. The lowest BCUT2D eigenvalue weighted by Gasteiger charge is -2.35. The van der Waals surface area contributed by atoms with E-state index in [1.54, 1.807) is 12.3 Å². The van der Waals surface area contributed by atoms with Crippen LogP contribution in [-0.4, -0.2) is 53.5 Å². The molecule has 0 spiro atoms. The van der Waals surface area contributed by atoms with Gasteiger partial charge in [-0.15, -0.1) is 12.4 Å². The van der Waals surface area contributed by atoms with Crippen molar-refractivity contribution < 1.29 is 19.0 Å². The van der Waals surface area contributed by atoms with Crippen molar-refractivity contribution in [1.82, 2.24) is 14.8 Å². The van der Waals surface area contributed by atoms with Crippen molar-refractivity contribution in [3.8, 4) is 23.1 Å². The van der Waals surface area contributed by atoms with Crippen LogP contribution in [0.2, 0.25) is 5.02 Å². The van der Waals surface area contributed by atoms with Crippen LogP contribution >= 0.6 is 24.0 Å². The fourth-order valence-corrected chi connectivity index (χ4v) is 6.41. The van der Waals surface area contributed by atoms with Crippen LogP contribution in [0, 0.1) is 20.8 Å². The van der Waals surface area contributed by atoms with Gasteiger partial charge < -0.3 is 19.1 Å². The van der Waals surface area contributed by atoms with Gasteiger partial charge in [-0.2, -0.15) is 0 Å². The zero-order chi connectivity index (χ0) is 36.5. The van der Waals surface area contributed by atoms with Crippen LogP contribution in [0.4, 0.5) is 0 Å². The predicted octanol–water partition coefficient (Wildman–Crippen LogP) is 9.82. The molecule has 2 heterocycles. The normalized spacial score (nSPS) is 13.3. The van der Waals surface area contributed by atoms with Crippen LogP contribution in [-0.2, 0) is 24.4 Å². The maximum Gasteiger partial charge on any atom is 0.249 e. The molecule has 276 valence electrons. The van der Waals surface area contributed by atoms with Gasteiger partial charge in [0.15, 0.2) is 5.75 Å². The lowest BCUT2D eigenvalue weighted by Crippen LogP contribution is -2.48. The SMILES string of the molecule is C/C(=C\c1cc(C)c(Oc2ccc(OCc3ccc(C)cc3)cn2)c(Cl)c1)C(=O)N1CCN(Cc2ccc(CCOc3ccc(C)cc3)cc2)CC1.Cl. The zero-order valence-electron chi connectivity index (χ0n) is 30.8. The number of carbonyl (C=O) groups excluding carboxylic acids is 1. The largest absolute Gasteiger partial charge is 0.493 e. The summed E-state index contributed by atoms with van der Waals surface area (Å²) in [6, 6.07) is 32.5. The topological polar surface area (TPSA) is 64.1 Å². The third-order valence-corrected chi connectivity index (χ3v) is 9.46. The molecule has 0 radical (unpaired) electrons. The number of nitrogens with zero attached hydrogens (tertiary/aromatic N) is 3. The number of pyridine rings is 1. The number of aromatic nitrogens is 1. The number of halogens is 2. The van der Waals surface area contributed by atoms with Gasteiger partial charge in [0.1, 0.15) is 18.1 Å². The minimum atomic E-state index is 0. The van der Waals surface area contributed by atoms with Crippen LogP contribution in [0.1, 0.15) is 45.9 Å². The molecule has 7 nitrogen and oxygen atoms in total. The average Bonchev–Trinajstić information content (AvgIpc) is 3.15. The van der Waals surface area contributed by atoms with E-state index in [4.69, 9.17) is 25.8 Å². The Kier molecular flexibility index (Phi) is 14.0. The van der Waals surface area contributed by atoms with Crippen LogP contribution in [0.3, 0.4) is 0 Å². The van der Waals surface area contributed by atoms with Crippen molar-refractivity contribution in [3.63, 3.8) is 0 Å². The van der Waals surface area contributed by atoms with Crippen molar-refractivity contribution in [3.05, 3.63) is 153 Å². The maximum atomic E-state index is 13.4. The van der Waals surface area contributed by atoms with E-state index in [1.165, 1.54) is 22.3 Å². The molecule has 1 aliphatic rings. The third-order valence-electron chi connectivity index (χ3n) is 9.18. The Balaban J connectivity index is 0.00000541. The van der Waals surface area contributed by atoms with E-state index in [0.29, 0.717) is 54.3 Å². The molecule has 1 amide bonds. The minimum Gasteiger partial charge on any atom is -0.493 e. The van der Waals surface area contributed by atoms with Crippen molar-refractivity contribution in [2.45, 2.75) is 47.3 Å². The number of ether oxygens (including phenoxy) is 3. The van der Waals surface area contributed by atoms with Crippen LogP contribution < -0.4 is 14.2 Å². The minimum absolute atomic E-state index is 0. The molecule has 1 saturated heterocycles. The molecular weight excluding hydrogens is 705 g/mol. The maximum absolute atomic E-state index is 13.4. The number of piperazine rings is 1. The van der Waals surface area contributed by atoms with E-state index >= 15 is 0 Å². The predicted molar refractivity (Wildman–Crippen MR) is 216 cm³/mol. The third kappa shape index (κ3) is 11.3. The molecule has 0 bridgehead atoms. The molecule has 1 fully saturated rings. The fourth-order valence-electron chi connectivity index (χ4n) is 6.10. The first kappa shape index (κ1) is 39.4. The smallest absolute Gasteiger partial charge is 0.249 e. The number of hydrogen-bond acceptors (Lipinski definition) is 6. The van der Waals surface area contributed by atoms with Crippen molar-refractivity contribution in [2.24, 2.45) is 0 Å². The molecule has 0 saturated carbocycles. The summed E-state index contributed by atoms with van der Waals surface area (Å²) in [7, 11) is 0. The lowest BCUT2D eigenvalue weighted by atomic mass is 10.1. The summed E-state index contributed by atoms with van der Waals surface area (Å²) in [6.07, 6.45) is 4.40. The van der Waals surface area contributed by atoms with Gasteiger partial charge in [-0.05, 0) is 91.9 Å². The van der Waals surface area contributed by atoms with E-state index in [2.05, 4.69) is 84.4 Å². The molecule has 0 atom stereocenters. The first-order valence-corrected chi connectivity index (χ1v) is 18.2. The van der Waals surface area contributed by atoms with E-state index in [9.17, 15) is 4.79 Å². The van der Waals surface area contributed by atoms with Gasteiger partial charge >= 0.3 is 0 Å². The number of hydrogen-bond donors (Lipinski definition) is 0. The Morgan fingerprint density at radius 1 is 0.774 bits per heavy atom. The van der Waals surface area contributed by atoms with Crippen molar-refractivity contribution in [1.29, 1.82) is 0 Å². The Bertz CT molecular complexity index is 1950. The highest BCUT2D eigenvalue weighted by Crippen LogP contribution is 2.34. The molecule has 1 aliphatic heterocycles. The molecule has 9 heteroatoms. The molecule has 0 unspecified atom stereocenters. The first-order valence-electron chi connectivity index (χ1n) is 17.8. The highest BCUT2D eigenvalue weighted by Gasteiger charge is 2.22. The standard InChI is InChI=1S/C44H46ClN3O4.ClH/c1-31-5-9-37(10-6-31)30-51-40-17-18-42(46-28-40)52-43-33(3)25-38(27-41(43)45)26-34(4)44(49)48-22-20-47(21-23-48)29-36-13-11-35(12-14-36)19-24-50-39-15-7-32(2)8-16-39;/h5-18,25-28H,19-24,29-30H2,1-4H3;1H/b34-26+;. The highest BCUT2D eigenvalue weighted by molar-refractivity contribution is 6.32. The monoisotopic (exact) mass is 751 g/mol. The van der Waals surface area contributed by atoms with Gasteiger partial charge in [-0.3, -0.25) is 9.69 Å². The summed E-state index contributed by atoms with van der Waals surface area (Å²) in [6.45, 7) is 12.9. The molecule has 53 heavy (non-hydrogen) atoms. The lowest BCUT2D eigenvalue weighted by molar-refractivity contribution is -0.128. The number of amides is 1. The average molecular weight is 753 g/mol. The van der Waals surface area contributed by atoms with Crippen molar-refractivity contribution in [2.75, 3.05) is 32.8 Å². The van der Waals surface area contributed by atoms with Gasteiger partial charge in [-0.1, -0.05) is 83.4 Å².